The minimum Gasteiger partial charge on any atom is -0.266 e. The summed E-state index contributed by atoms with van der Waals surface area (Å²) in [6.45, 7) is 5.56. The second-order valence-electron chi connectivity index (χ2n) is 3.46. The van der Waals surface area contributed by atoms with E-state index < -0.39 is 6.43 Å². The summed E-state index contributed by atoms with van der Waals surface area (Å²) in [5.74, 6) is 0.0951. The summed E-state index contributed by atoms with van der Waals surface area (Å²) >= 11 is 0. The Morgan fingerprint density at radius 1 is 1.31 bits per heavy atom. The van der Waals surface area contributed by atoms with Gasteiger partial charge in [0.1, 0.15) is 5.69 Å². The first-order valence-electron chi connectivity index (χ1n) is 4.26. The fourth-order valence-corrected chi connectivity index (χ4v) is 1.66. The Bertz CT molecular complexity index is 274. The Morgan fingerprint density at radius 2 is 1.85 bits per heavy atom. The van der Waals surface area contributed by atoms with Gasteiger partial charge in [-0.1, -0.05) is 13.8 Å². The molecule has 2 nitrogen and oxygen atoms in total. The Labute approximate surface area is 76.6 Å². The molecule has 0 spiro atoms. The Balaban J connectivity index is 3.29. The molecule has 0 saturated heterocycles. The van der Waals surface area contributed by atoms with Crippen molar-refractivity contribution in [3.8, 4) is 0 Å². The number of aryl methyl sites for hydroxylation is 2. The molecule has 1 rings (SSSR count). The zero-order valence-electron chi connectivity index (χ0n) is 8.31. The van der Waals surface area contributed by atoms with Gasteiger partial charge >= 0.3 is 0 Å². The maximum absolute atomic E-state index is 12.6. The first-order chi connectivity index (χ1) is 5.95. The molecule has 0 N–H and O–H groups in total. The molecule has 0 bridgehead atoms. The third-order valence-corrected chi connectivity index (χ3v) is 2.10. The van der Waals surface area contributed by atoms with Crippen molar-refractivity contribution in [3.05, 3.63) is 17.0 Å². The molecule has 1 aromatic rings. The zero-order chi connectivity index (χ0) is 10.2. The van der Waals surface area contributed by atoms with E-state index in [4.69, 9.17) is 0 Å². The summed E-state index contributed by atoms with van der Waals surface area (Å²) in [5.41, 5.74) is 1.43. The predicted octanol–water partition coefficient (Wildman–Crippen LogP) is 2.79. The fourth-order valence-electron chi connectivity index (χ4n) is 1.66. The van der Waals surface area contributed by atoms with Crippen LogP contribution in [0.3, 0.4) is 0 Å². The zero-order valence-corrected chi connectivity index (χ0v) is 8.31. The van der Waals surface area contributed by atoms with Gasteiger partial charge in [-0.15, -0.1) is 0 Å². The van der Waals surface area contributed by atoms with Crippen LogP contribution in [-0.4, -0.2) is 9.78 Å². The van der Waals surface area contributed by atoms with E-state index >= 15 is 0 Å². The van der Waals surface area contributed by atoms with Crippen molar-refractivity contribution in [3.63, 3.8) is 0 Å². The lowest BCUT2D eigenvalue weighted by Crippen LogP contribution is -2.01. The summed E-state index contributed by atoms with van der Waals surface area (Å²) in [4.78, 5) is 0. The number of alkyl halides is 2. The standard InChI is InChI=1S/C9H14F2N2/c1-5(2)7-6(3)12-13(4)8(7)9(10)11/h5,9H,1-4H3. The molecule has 0 fully saturated rings. The van der Waals surface area contributed by atoms with Crippen LogP contribution in [0.1, 0.15) is 43.1 Å². The van der Waals surface area contributed by atoms with Crippen LogP contribution in [-0.2, 0) is 7.05 Å². The quantitative estimate of drug-likeness (QED) is 0.697. The van der Waals surface area contributed by atoms with Gasteiger partial charge < -0.3 is 0 Å². The van der Waals surface area contributed by atoms with Crippen LogP contribution in [0.4, 0.5) is 8.78 Å². The van der Waals surface area contributed by atoms with Crippen LogP contribution in [0.15, 0.2) is 0 Å². The van der Waals surface area contributed by atoms with E-state index in [0.717, 1.165) is 0 Å². The number of halogens is 2. The summed E-state index contributed by atoms with van der Waals surface area (Å²) in [6, 6.07) is 0. The van der Waals surface area contributed by atoms with Gasteiger partial charge in [0, 0.05) is 12.6 Å². The molecule has 0 aliphatic heterocycles. The van der Waals surface area contributed by atoms with Crippen molar-refractivity contribution >= 4 is 0 Å². The predicted molar refractivity (Wildman–Crippen MR) is 47.0 cm³/mol. The molecule has 0 amide bonds. The van der Waals surface area contributed by atoms with E-state index in [-0.39, 0.29) is 11.6 Å². The van der Waals surface area contributed by atoms with Crippen LogP contribution >= 0.6 is 0 Å². The molecule has 0 aromatic carbocycles. The highest BCUT2D eigenvalue weighted by molar-refractivity contribution is 5.29. The number of nitrogens with zero attached hydrogens (tertiary/aromatic N) is 2. The normalized spacial score (nSPS) is 11.7. The van der Waals surface area contributed by atoms with Crippen LogP contribution in [0.2, 0.25) is 0 Å². The van der Waals surface area contributed by atoms with Gasteiger partial charge in [-0.25, -0.2) is 8.78 Å². The van der Waals surface area contributed by atoms with Crippen molar-refractivity contribution in [1.29, 1.82) is 0 Å². The van der Waals surface area contributed by atoms with Crippen molar-refractivity contribution < 1.29 is 8.78 Å². The van der Waals surface area contributed by atoms with Gasteiger partial charge in [-0.2, -0.15) is 5.10 Å². The van der Waals surface area contributed by atoms with Gasteiger partial charge in [-0.3, -0.25) is 4.68 Å². The molecule has 4 heteroatoms. The summed E-state index contributed by atoms with van der Waals surface area (Å²) < 4.78 is 26.5. The maximum atomic E-state index is 12.6. The summed E-state index contributed by atoms with van der Waals surface area (Å²) in [5, 5.41) is 3.99. The molecule has 0 aliphatic rings. The molecule has 1 aromatic heterocycles. The van der Waals surface area contributed by atoms with Gasteiger partial charge in [0.25, 0.3) is 6.43 Å². The fraction of sp³-hybridized carbons (Fsp3) is 0.667. The highest BCUT2D eigenvalue weighted by Crippen LogP contribution is 2.29. The van der Waals surface area contributed by atoms with Crippen LogP contribution < -0.4 is 0 Å². The summed E-state index contributed by atoms with van der Waals surface area (Å²) in [7, 11) is 1.56. The highest BCUT2D eigenvalue weighted by atomic mass is 19.3. The van der Waals surface area contributed by atoms with E-state index in [1.54, 1.807) is 14.0 Å². The van der Waals surface area contributed by atoms with Crippen LogP contribution in [0, 0.1) is 6.92 Å². The third-order valence-electron chi connectivity index (χ3n) is 2.10. The van der Waals surface area contributed by atoms with Crippen LogP contribution in [0.5, 0.6) is 0 Å². The first kappa shape index (κ1) is 10.2. The maximum Gasteiger partial charge on any atom is 0.280 e. The molecule has 13 heavy (non-hydrogen) atoms. The number of rotatable bonds is 2. The molecule has 1 heterocycles. The Hall–Kier alpha value is -0.930. The van der Waals surface area contributed by atoms with Crippen molar-refractivity contribution in [2.45, 2.75) is 33.1 Å². The number of hydrogen-bond acceptors (Lipinski definition) is 1. The molecule has 0 radical (unpaired) electrons. The van der Waals surface area contributed by atoms with Crippen molar-refractivity contribution in [2.75, 3.05) is 0 Å². The topological polar surface area (TPSA) is 17.8 Å². The molecule has 0 saturated carbocycles. The molecule has 0 unspecified atom stereocenters. The minimum atomic E-state index is -2.44. The van der Waals surface area contributed by atoms with Gasteiger partial charge in [-0.05, 0) is 12.8 Å². The van der Waals surface area contributed by atoms with Gasteiger partial charge in [0.2, 0.25) is 0 Å². The SMILES string of the molecule is Cc1nn(C)c(C(F)F)c1C(C)C. The third kappa shape index (κ3) is 1.71. The monoisotopic (exact) mass is 188 g/mol. The van der Waals surface area contributed by atoms with E-state index in [0.29, 0.717) is 11.3 Å². The first-order valence-corrected chi connectivity index (χ1v) is 4.26. The highest BCUT2D eigenvalue weighted by Gasteiger charge is 2.22. The second-order valence-corrected chi connectivity index (χ2v) is 3.46. The lowest BCUT2D eigenvalue weighted by molar-refractivity contribution is 0.139. The minimum absolute atomic E-state index is 0.0486. The Morgan fingerprint density at radius 3 is 2.15 bits per heavy atom. The average molecular weight is 188 g/mol. The molecule has 0 aliphatic carbocycles. The molecule has 74 valence electrons. The van der Waals surface area contributed by atoms with Crippen molar-refractivity contribution in [1.82, 2.24) is 9.78 Å². The van der Waals surface area contributed by atoms with E-state index in [1.807, 2.05) is 13.8 Å². The van der Waals surface area contributed by atoms with E-state index in [1.165, 1.54) is 4.68 Å². The lowest BCUT2D eigenvalue weighted by atomic mass is 10.0. The average Bonchev–Trinajstić information content (AvgIpc) is 2.24. The largest absolute Gasteiger partial charge is 0.280 e. The van der Waals surface area contributed by atoms with Crippen LogP contribution in [0.25, 0.3) is 0 Å². The molecular formula is C9H14F2N2. The van der Waals surface area contributed by atoms with E-state index in [9.17, 15) is 8.78 Å². The van der Waals surface area contributed by atoms with Crippen molar-refractivity contribution in [2.24, 2.45) is 7.05 Å². The lowest BCUT2D eigenvalue weighted by Gasteiger charge is -2.07. The number of aromatic nitrogens is 2. The Kier molecular flexibility index (Phi) is 2.68. The van der Waals surface area contributed by atoms with Gasteiger partial charge in [0.05, 0.1) is 5.69 Å². The van der Waals surface area contributed by atoms with E-state index in [2.05, 4.69) is 5.10 Å². The number of hydrogen-bond donors (Lipinski definition) is 0. The second kappa shape index (κ2) is 3.44. The van der Waals surface area contributed by atoms with Gasteiger partial charge in [0.15, 0.2) is 0 Å². The molecule has 0 atom stereocenters. The molecular weight excluding hydrogens is 174 g/mol. The summed E-state index contributed by atoms with van der Waals surface area (Å²) in [6.07, 6.45) is -2.44. The smallest absolute Gasteiger partial charge is 0.266 e.